The fourth-order valence-electron chi connectivity index (χ4n) is 4.14. The van der Waals surface area contributed by atoms with Crippen molar-refractivity contribution in [3.63, 3.8) is 0 Å². The molecule has 2 aromatic rings. The smallest absolute Gasteiger partial charge is 0.380 e. The topological polar surface area (TPSA) is 86.8 Å². The molecule has 2 aromatic carbocycles. The van der Waals surface area contributed by atoms with Crippen LogP contribution in [0.3, 0.4) is 0 Å². The Balaban J connectivity index is 1.64. The average molecular weight is 568 g/mol. The van der Waals surface area contributed by atoms with Crippen LogP contribution in [0.5, 0.6) is 0 Å². The van der Waals surface area contributed by atoms with Gasteiger partial charge in [-0.1, -0.05) is 12.1 Å². The summed E-state index contributed by atoms with van der Waals surface area (Å²) < 4.78 is 85.4. The number of carbonyl (C=O) groups is 1. The quantitative estimate of drug-likeness (QED) is 0.262. The van der Waals surface area contributed by atoms with Crippen LogP contribution in [-0.4, -0.2) is 43.3 Å². The number of hydrogen-bond acceptors (Lipinski definition) is 6. The van der Waals surface area contributed by atoms with Gasteiger partial charge in [-0.2, -0.15) is 26.3 Å². The summed E-state index contributed by atoms with van der Waals surface area (Å²) in [5.41, 5.74) is -0.340. The number of amides is 1. The summed E-state index contributed by atoms with van der Waals surface area (Å²) in [6, 6.07) is 7.56. The molecule has 0 aliphatic carbocycles. The predicted octanol–water partition coefficient (Wildman–Crippen LogP) is 5.50. The van der Waals surface area contributed by atoms with Crippen molar-refractivity contribution >= 4 is 23.1 Å². The number of nitrogens with zero attached hydrogens (tertiary/aromatic N) is 1. The van der Waals surface area contributed by atoms with Crippen LogP contribution in [0, 0.1) is 0 Å². The molecule has 2 aliphatic heterocycles. The molecular weight excluding hydrogens is 540 g/mol. The Bertz CT molecular complexity index is 1320. The number of nitrogens with one attached hydrogen (secondary N) is 4. The number of aliphatic imine (C=N–C) groups is 1. The van der Waals surface area contributed by atoms with Gasteiger partial charge in [0, 0.05) is 23.5 Å². The monoisotopic (exact) mass is 567 g/mol. The first-order chi connectivity index (χ1) is 18.8. The number of dihydropyridines is 1. The number of allylic oxidation sites excluding steroid dienone is 2. The van der Waals surface area contributed by atoms with E-state index in [1.54, 1.807) is 0 Å². The summed E-state index contributed by atoms with van der Waals surface area (Å²) in [5.74, 6) is -0.369. The molecule has 2 aliphatic rings. The molecule has 2 heterocycles. The third-order valence-electron chi connectivity index (χ3n) is 6.03. The van der Waals surface area contributed by atoms with Crippen LogP contribution < -0.4 is 21.3 Å². The van der Waals surface area contributed by atoms with Crippen LogP contribution >= 0.6 is 0 Å². The highest BCUT2D eigenvalue weighted by Gasteiger charge is 2.40. The van der Waals surface area contributed by atoms with Gasteiger partial charge in [0.1, 0.15) is 5.84 Å². The van der Waals surface area contributed by atoms with Crippen molar-refractivity contribution in [3.05, 3.63) is 83.1 Å². The molecule has 2 unspecified atom stereocenters. The fourth-order valence-corrected chi connectivity index (χ4v) is 4.14. The van der Waals surface area contributed by atoms with Crippen LogP contribution in [0.1, 0.15) is 36.6 Å². The van der Waals surface area contributed by atoms with Crippen molar-refractivity contribution < 1.29 is 35.9 Å². The molecule has 0 bridgehead atoms. The first kappa shape index (κ1) is 29.0. The molecule has 0 fully saturated rings. The number of amidine groups is 1. The number of anilines is 2. The second-order valence-corrected chi connectivity index (χ2v) is 9.32. The van der Waals surface area contributed by atoms with Crippen molar-refractivity contribution in [1.29, 1.82) is 0 Å². The van der Waals surface area contributed by atoms with Crippen molar-refractivity contribution in [2.24, 2.45) is 4.99 Å². The maximum absolute atomic E-state index is 13.7. The molecule has 0 spiro atoms. The van der Waals surface area contributed by atoms with Crippen LogP contribution in [-0.2, 0) is 15.7 Å². The molecule has 13 heteroatoms. The van der Waals surface area contributed by atoms with Gasteiger partial charge in [-0.05, 0) is 68.1 Å². The molecule has 0 saturated heterocycles. The number of ether oxygens (including phenoxy) is 1. The molecule has 7 nitrogen and oxygen atoms in total. The lowest BCUT2D eigenvalue weighted by Crippen LogP contribution is -2.43. The summed E-state index contributed by atoms with van der Waals surface area (Å²) in [6.45, 7) is 4.14. The zero-order valence-corrected chi connectivity index (χ0v) is 21.5. The third kappa shape index (κ3) is 6.95. The first-order valence-electron chi connectivity index (χ1n) is 12.3. The molecule has 2 atom stereocenters. The standard InChI is InChI=1S/C27H27F6N5O2/c1-15(2)40-13-12-35-25(39)24-37-21-14-16(22-20(27(31,32)33)4-3-11-34-22)5-10-19(21)23(38-24)36-18-8-6-17(7-9-18)26(28,29)30/h3-11,14-15,22,24,34,37H,12-13H2,1-2H3,(H,35,39)(H,36,38). The highest BCUT2D eigenvalue weighted by molar-refractivity contribution is 6.14. The maximum Gasteiger partial charge on any atom is 0.416 e. The van der Waals surface area contributed by atoms with Crippen molar-refractivity contribution in [2.75, 3.05) is 23.8 Å². The number of benzene rings is 2. The maximum atomic E-state index is 13.7. The number of halogens is 6. The lowest BCUT2D eigenvalue weighted by atomic mass is 9.94. The minimum atomic E-state index is -4.58. The molecular formula is C27H27F6N5O2. The Kier molecular flexibility index (Phi) is 8.43. The molecule has 4 rings (SSSR count). The largest absolute Gasteiger partial charge is 0.416 e. The van der Waals surface area contributed by atoms with Crippen LogP contribution in [0.4, 0.5) is 37.7 Å². The van der Waals surface area contributed by atoms with Gasteiger partial charge < -0.3 is 26.0 Å². The first-order valence-corrected chi connectivity index (χ1v) is 12.3. The Morgan fingerprint density at radius 1 is 1.05 bits per heavy atom. The number of rotatable bonds is 7. The number of fused-ring (bicyclic) bond motifs is 1. The Morgan fingerprint density at radius 2 is 1.77 bits per heavy atom. The molecule has 1 amide bonds. The average Bonchev–Trinajstić information content (AvgIpc) is 2.89. The van der Waals surface area contributed by atoms with Gasteiger partial charge in [0.15, 0.2) is 0 Å². The van der Waals surface area contributed by atoms with Gasteiger partial charge in [-0.25, -0.2) is 4.99 Å². The van der Waals surface area contributed by atoms with Gasteiger partial charge in [-0.15, -0.1) is 0 Å². The molecule has 0 radical (unpaired) electrons. The fraction of sp³-hybridized carbons (Fsp3) is 0.333. The molecule has 214 valence electrons. The van der Waals surface area contributed by atoms with Crippen LogP contribution in [0.2, 0.25) is 0 Å². The van der Waals surface area contributed by atoms with Gasteiger partial charge in [-0.3, -0.25) is 4.79 Å². The van der Waals surface area contributed by atoms with Gasteiger partial charge in [0.05, 0.1) is 29.9 Å². The van der Waals surface area contributed by atoms with E-state index in [2.05, 4.69) is 26.3 Å². The summed E-state index contributed by atoms with van der Waals surface area (Å²) in [4.78, 5) is 17.3. The lowest BCUT2D eigenvalue weighted by molar-refractivity contribution is -0.137. The zero-order chi connectivity index (χ0) is 29.1. The van der Waals surface area contributed by atoms with E-state index in [9.17, 15) is 31.1 Å². The highest BCUT2D eigenvalue weighted by Crippen LogP contribution is 2.39. The summed E-state index contributed by atoms with van der Waals surface area (Å²) in [5, 5.41) is 11.3. The summed E-state index contributed by atoms with van der Waals surface area (Å²) in [7, 11) is 0. The van der Waals surface area contributed by atoms with E-state index < -0.39 is 41.6 Å². The Hall–Kier alpha value is -4.00. The van der Waals surface area contributed by atoms with Gasteiger partial charge >= 0.3 is 12.4 Å². The minimum Gasteiger partial charge on any atom is -0.380 e. The predicted molar refractivity (Wildman–Crippen MR) is 139 cm³/mol. The SMILES string of the molecule is CC(C)OCCNC(=O)C1N=C(Nc2ccc(C(F)(F)F)cc2)c2ccc(C3NC=CC=C3C(F)(F)F)cc2N1. The summed E-state index contributed by atoms with van der Waals surface area (Å²) >= 11 is 0. The van der Waals surface area contributed by atoms with Crippen molar-refractivity contribution in [2.45, 2.75) is 44.5 Å². The van der Waals surface area contributed by atoms with E-state index in [0.29, 0.717) is 11.3 Å². The molecule has 4 N–H and O–H groups in total. The third-order valence-corrected chi connectivity index (χ3v) is 6.03. The number of hydrogen-bond donors (Lipinski definition) is 4. The molecule has 0 saturated carbocycles. The van der Waals surface area contributed by atoms with Crippen molar-refractivity contribution in [1.82, 2.24) is 10.6 Å². The normalized spacial score (nSPS) is 18.7. The molecule has 0 aromatic heterocycles. The Morgan fingerprint density at radius 3 is 2.42 bits per heavy atom. The van der Waals surface area contributed by atoms with E-state index in [1.165, 1.54) is 42.6 Å². The van der Waals surface area contributed by atoms with Gasteiger partial charge in [0.25, 0.3) is 5.91 Å². The van der Waals surface area contributed by atoms with E-state index in [0.717, 1.165) is 18.2 Å². The van der Waals surface area contributed by atoms with Crippen molar-refractivity contribution in [3.8, 4) is 0 Å². The summed E-state index contributed by atoms with van der Waals surface area (Å²) in [6.07, 6.45) is -6.64. The van der Waals surface area contributed by atoms with E-state index >= 15 is 0 Å². The second-order valence-electron chi connectivity index (χ2n) is 9.32. The van der Waals surface area contributed by atoms with E-state index in [4.69, 9.17) is 4.74 Å². The van der Waals surface area contributed by atoms with Crippen LogP contribution in [0.25, 0.3) is 0 Å². The zero-order valence-electron chi connectivity index (χ0n) is 21.5. The van der Waals surface area contributed by atoms with Gasteiger partial charge in [0.2, 0.25) is 6.17 Å². The minimum absolute atomic E-state index is 0.0357. The number of carbonyl (C=O) groups excluding carboxylic acids is 1. The second kappa shape index (κ2) is 11.6. The lowest BCUT2D eigenvalue weighted by Gasteiger charge is -2.29. The van der Waals surface area contributed by atoms with Crippen LogP contribution in [0.15, 0.2) is 71.4 Å². The van der Waals surface area contributed by atoms with E-state index in [-0.39, 0.29) is 36.3 Å². The Labute approximate surface area is 226 Å². The van der Waals surface area contributed by atoms with E-state index in [1.807, 2.05) is 13.8 Å². The number of alkyl halides is 6. The molecule has 40 heavy (non-hydrogen) atoms. The highest BCUT2D eigenvalue weighted by atomic mass is 19.4.